The molecule has 1 fully saturated rings. The number of amides is 2. The van der Waals surface area contributed by atoms with Gasteiger partial charge >= 0.3 is 12.2 Å². The summed E-state index contributed by atoms with van der Waals surface area (Å²) >= 11 is 0. The molecule has 0 spiro atoms. The van der Waals surface area contributed by atoms with Crippen LogP contribution in [-0.4, -0.2) is 64.1 Å². The summed E-state index contributed by atoms with van der Waals surface area (Å²) in [4.78, 5) is 35.2. The Balaban J connectivity index is 1.53. The summed E-state index contributed by atoms with van der Waals surface area (Å²) in [5, 5.41) is 3.16. The fourth-order valence-electron chi connectivity index (χ4n) is 4.99. The maximum absolute atomic E-state index is 14.3. The first-order chi connectivity index (χ1) is 18.7. The number of alkyl halides is 3. The van der Waals surface area contributed by atoms with Crippen LogP contribution >= 0.6 is 0 Å². The maximum atomic E-state index is 14.3. The van der Waals surface area contributed by atoms with Crippen LogP contribution in [0.15, 0.2) is 48.9 Å². The minimum Gasteiger partial charge on any atom is -0.368 e. The van der Waals surface area contributed by atoms with Gasteiger partial charge in [0.15, 0.2) is 0 Å². The van der Waals surface area contributed by atoms with Gasteiger partial charge in [-0.25, -0.2) is 19.7 Å². The molecule has 0 unspecified atom stereocenters. The van der Waals surface area contributed by atoms with Gasteiger partial charge in [-0.15, -0.1) is 0 Å². The molecule has 3 N–H and O–H groups in total. The molecular formula is C26H24F3N9O. The highest BCUT2D eigenvalue weighted by molar-refractivity contribution is 6.08. The molecule has 0 saturated carbocycles. The minimum atomic E-state index is -4.62. The van der Waals surface area contributed by atoms with Crippen molar-refractivity contribution in [1.82, 2.24) is 30.2 Å². The van der Waals surface area contributed by atoms with Crippen LogP contribution in [0.2, 0.25) is 0 Å². The number of urea groups is 1. The summed E-state index contributed by atoms with van der Waals surface area (Å²) in [5.41, 5.74) is 8.02. The van der Waals surface area contributed by atoms with E-state index in [9.17, 15) is 18.0 Å². The number of aromatic nitrogens is 4. The molecule has 0 bridgehead atoms. The van der Waals surface area contributed by atoms with E-state index in [2.05, 4.69) is 20.3 Å². The van der Waals surface area contributed by atoms with Gasteiger partial charge in [0.25, 0.3) is 0 Å². The van der Waals surface area contributed by atoms with E-state index in [1.54, 1.807) is 36.3 Å². The molecule has 5 heterocycles. The van der Waals surface area contributed by atoms with Crippen LogP contribution in [0.5, 0.6) is 0 Å². The Morgan fingerprint density at radius 1 is 1.00 bits per heavy atom. The number of nitrogens with two attached hydrogens (primary N) is 1. The van der Waals surface area contributed by atoms with Crippen molar-refractivity contribution in [1.29, 1.82) is 0 Å². The maximum Gasteiger partial charge on any atom is 0.418 e. The van der Waals surface area contributed by atoms with E-state index in [-0.39, 0.29) is 23.9 Å². The lowest BCUT2D eigenvalue weighted by molar-refractivity contribution is -0.137. The summed E-state index contributed by atoms with van der Waals surface area (Å²) in [6.07, 6.45) is 0.0622. The number of nitrogens with zero attached hydrogens (tertiary/aromatic N) is 7. The quantitative estimate of drug-likeness (QED) is 0.407. The van der Waals surface area contributed by atoms with Crippen molar-refractivity contribution >= 4 is 40.1 Å². The topological polar surface area (TPSA) is 116 Å². The van der Waals surface area contributed by atoms with Gasteiger partial charge in [0, 0.05) is 68.6 Å². The standard InChI is InChI=1S/C26H24F3N9O/c1-36-14-16-13-32-20-4-3-19(15-11-33-24(30)34-12-15)35-22(20)23(16)38(25(36)39)17-2-5-21(18(10-17)26(27,28)29)37-8-6-31-7-9-37/h2-5,10-13,31H,6-9,14H2,1H3,(H2,30,33,34). The third-order valence-electron chi connectivity index (χ3n) is 6.88. The van der Waals surface area contributed by atoms with Gasteiger partial charge in [-0.05, 0) is 30.3 Å². The van der Waals surface area contributed by atoms with Crippen molar-refractivity contribution in [3.05, 3.63) is 60.0 Å². The van der Waals surface area contributed by atoms with E-state index in [4.69, 9.17) is 10.7 Å². The molecule has 39 heavy (non-hydrogen) atoms. The molecule has 1 aromatic carbocycles. The zero-order valence-electron chi connectivity index (χ0n) is 20.9. The normalized spacial score (nSPS) is 16.1. The SMILES string of the molecule is CN1Cc2cnc3ccc(-c4cnc(N)nc4)nc3c2N(c2ccc(N3CCNCC3)c(C(F)(F)F)c2)C1=O. The zero-order valence-corrected chi connectivity index (χ0v) is 20.9. The third kappa shape index (κ3) is 4.44. The van der Waals surface area contributed by atoms with Gasteiger partial charge < -0.3 is 20.9 Å². The van der Waals surface area contributed by atoms with E-state index in [0.717, 1.165) is 6.07 Å². The molecule has 200 valence electrons. The predicted molar refractivity (Wildman–Crippen MR) is 141 cm³/mol. The average Bonchev–Trinajstić information content (AvgIpc) is 2.93. The second-order valence-electron chi connectivity index (χ2n) is 9.44. The number of anilines is 4. The van der Waals surface area contributed by atoms with E-state index >= 15 is 0 Å². The molecule has 6 rings (SSSR count). The van der Waals surface area contributed by atoms with Gasteiger partial charge in [-0.2, -0.15) is 13.2 Å². The van der Waals surface area contributed by atoms with Gasteiger partial charge in [-0.1, -0.05) is 0 Å². The van der Waals surface area contributed by atoms with E-state index in [1.165, 1.54) is 28.3 Å². The number of nitrogen functional groups attached to an aromatic ring is 1. The van der Waals surface area contributed by atoms with Crippen molar-refractivity contribution in [3.8, 4) is 11.3 Å². The van der Waals surface area contributed by atoms with Crippen LogP contribution in [0.25, 0.3) is 22.3 Å². The highest BCUT2D eigenvalue weighted by Crippen LogP contribution is 2.43. The van der Waals surface area contributed by atoms with Gasteiger partial charge in [0.1, 0.15) is 5.52 Å². The van der Waals surface area contributed by atoms with E-state index in [0.29, 0.717) is 59.7 Å². The average molecular weight is 536 g/mol. The van der Waals surface area contributed by atoms with E-state index < -0.39 is 17.8 Å². The number of piperazine rings is 1. The number of carbonyl (C=O) groups excluding carboxylic acids is 1. The largest absolute Gasteiger partial charge is 0.418 e. The molecule has 2 aliphatic heterocycles. The fourth-order valence-corrected chi connectivity index (χ4v) is 4.99. The Hall–Kier alpha value is -4.52. The molecule has 0 atom stereocenters. The highest BCUT2D eigenvalue weighted by atomic mass is 19.4. The van der Waals surface area contributed by atoms with Crippen LogP contribution in [0.1, 0.15) is 11.1 Å². The van der Waals surface area contributed by atoms with Crippen molar-refractivity contribution in [2.75, 3.05) is 48.8 Å². The van der Waals surface area contributed by atoms with Crippen LogP contribution in [-0.2, 0) is 12.7 Å². The summed E-state index contributed by atoms with van der Waals surface area (Å²) < 4.78 is 43.0. The Labute approximate surface area is 221 Å². The number of hydrogen-bond donors (Lipinski definition) is 2. The third-order valence-corrected chi connectivity index (χ3v) is 6.88. The summed E-state index contributed by atoms with van der Waals surface area (Å²) in [6.45, 7) is 2.32. The monoisotopic (exact) mass is 535 g/mol. The number of hydrogen-bond acceptors (Lipinski definition) is 8. The Kier molecular flexibility index (Phi) is 5.94. The fraction of sp³-hybridized carbons (Fsp3) is 0.269. The molecule has 0 radical (unpaired) electrons. The molecule has 10 nitrogen and oxygen atoms in total. The smallest absolute Gasteiger partial charge is 0.368 e. The number of carbonyl (C=O) groups is 1. The first-order valence-corrected chi connectivity index (χ1v) is 12.3. The number of fused-ring (bicyclic) bond motifs is 3. The molecule has 13 heteroatoms. The number of pyridine rings is 2. The number of benzene rings is 1. The van der Waals surface area contributed by atoms with E-state index in [1.807, 2.05) is 0 Å². The number of rotatable bonds is 3. The lowest BCUT2D eigenvalue weighted by atomic mass is 10.0. The van der Waals surface area contributed by atoms with Crippen molar-refractivity contribution in [3.63, 3.8) is 0 Å². The van der Waals surface area contributed by atoms with Crippen molar-refractivity contribution in [2.24, 2.45) is 0 Å². The molecule has 2 amide bonds. The lowest BCUT2D eigenvalue weighted by Gasteiger charge is -2.36. The Bertz CT molecular complexity index is 1570. The molecule has 1 saturated heterocycles. The lowest BCUT2D eigenvalue weighted by Crippen LogP contribution is -2.44. The molecule has 4 aromatic rings. The zero-order chi connectivity index (χ0) is 27.3. The highest BCUT2D eigenvalue weighted by Gasteiger charge is 2.38. The first kappa shape index (κ1) is 24.8. The second kappa shape index (κ2) is 9.34. The summed E-state index contributed by atoms with van der Waals surface area (Å²) in [6, 6.07) is 7.05. The Morgan fingerprint density at radius 2 is 1.74 bits per heavy atom. The van der Waals surface area contributed by atoms with Gasteiger partial charge in [-0.3, -0.25) is 9.88 Å². The molecule has 2 aliphatic rings. The van der Waals surface area contributed by atoms with Gasteiger partial charge in [0.2, 0.25) is 5.95 Å². The number of nitrogens with one attached hydrogen (secondary N) is 1. The van der Waals surface area contributed by atoms with Crippen LogP contribution in [0.4, 0.5) is 41.0 Å². The number of halogens is 3. The predicted octanol–water partition coefficient (Wildman–Crippen LogP) is 3.80. The molecular weight excluding hydrogens is 511 g/mol. The molecule has 3 aromatic heterocycles. The summed E-state index contributed by atoms with van der Waals surface area (Å²) in [7, 11) is 1.60. The van der Waals surface area contributed by atoms with Crippen LogP contribution in [0, 0.1) is 0 Å². The van der Waals surface area contributed by atoms with Gasteiger partial charge in [0.05, 0.1) is 34.7 Å². The van der Waals surface area contributed by atoms with Crippen molar-refractivity contribution < 1.29 is 18.0 Å². The first-order valence-electron chi connectivity index (χ1n) is 12.3. The Morgan fingerprint density at radius 3 is 2.46 bits per heavy atom. The van der Waals surface area contributed by atoms with Crippen LogP contribution < -0.4 is 20.9 Å². The van der Waals surface area contributed by atoms with Crippen LogP contribution in [0.3, 0.4) is 0 Å². The van der Waals surface area contributed by atoms with Crippen molar-refractivity contribution in [2.45, 2.75) is 12.7 Å². The molecule has 0 aliphatic carbocycles. The summed E-state index contributed by atoms with van der Waals surface area (Å²) in [5.74, 6) is 0.114. The second-order valence-corrected chi connectivity index (χ2v) is 9.44. The minimum absolute atomic E-state index is 0.0918.